The molecule has 0 spiro atoms. The van der Waals surface area contributed by atoms with Crippen LogP contribution in [0, 0.1) is 0 Å². The van der Waals surface area contributed by atoms with E-state index in [0.717, 1.165) is 23.1 Å². The van der Waals surface area contributed by atoms with Gasteiger partial charge in [-0.3, -0.25) is 9.59 Å². The average molecular weight is 533 g/mol. The molecular formula is C33H41ClN2O2. The summed E-state index contributed by atoms with van der Waals surface area (Å²) in [5, 5.41) is 3.73. The van der Waals surface area contributed by atoms with E-state index in [1.54, 1.807) is 4.90 Å². The first-order valence-corrected chi connectivity index (χ1v) is 13.9. The average Bonchev–Trinajstić information content (AvgIpc) is 2.89. The van der Waals surface area contributed by atoms with Crippen LogP contribution in [0.2, 0.25) is 5.02 Å². The number of nitrogens with one attached hydrogen (secondary N) is 1. The molecule has 4 nitrogen and oxygen atoms in total. The molecule has 0 aromatic heterocycles. The molecule has 0 bridgehead atoms. The zero-order valence-electron chi connectivity index (χ0n) is 23.3. The monoisotopic (exact) mass is 532 g/mol. The van der Waals surface area contributed by atoms with E-state index in [-0.39, 0.29) is 23.3 Å². The van der Waals surface area contributed by atoms with Crippen LogP contribution in [0.3, 0.4) is 0 Å². The summed E-state index contributed by atoms with van der Waals surface area (Å²) in [4.78, 5) is 29.2. The highest BCUT2D eigenvalue weighted by atomic mass is 35.5. The van der Waals surface area contributed by atoms with Gasteiger partial charge in [-0.25, -0.2) is 0 Å². The number of halogens is 1. The third kappa shape index (κ3) is 8.73. The quantitative estimate of drug-likeness (QED) is 0.285. The smallest absolute Gasteiger partial charge is 0.243 e. The highest BCUT2D eigenvalue weighted by Gasteiger charge is 2.30. The topological polar surface area (TPSA) is 49.4 Å². The molecule has 0 fully saturated rings. The van der Waals surface area contributed by atoms with Gasteiger partial charge in [-0.1, -0.05) is 106 Å². The van der Waals surface area contributed by atoms with Gasteiger partial charge >= 0.3 is 0 Å². The molecule has 2 atom stereocenters. The van der Waals surface area contributed by atoms with Crippen molar-refractivity contribution >= 4 is 23.4 Å². The Labute approximate surface area is 233 Å². The van der Waals surface area contributed by atoms with Crippen molar-refractivity contribution in [3.8, 4) is 0 Å². The van der Waals surface area contributed by atoms with Gasteiger partial charge in [0.25, 0.3) is 0 Å². The van der Waals surface area contributed by atoms with Gasteiger partial charge in [-0.2, -0.15) is 0 Å². The van der Waals surface area contributed by atoms with Crippen LogP contribution >= 0.6 is 11.6 Å². The van der Waals surface area contributed by atoms with Gasteiger partial charge < -0.3 is 10.2 Å². The Morgan fingerprint density at radius 3 is 2.16 bits per heavy atom. The number of amides is 2. The summed E-state index contributed by atoms with van der Waals surface area (Å²) in [6.07, 6.45) is 2.18. The minimum Gasteiger partial charge on any atom is -0.352 e. The molecule has 38 heavy (non-hydrogen) atoms. The van der Waals surface area contributed by atoms with Crippen molar-refractivity contribution in [2.75, 3.05) is 0 Å². The fraction of sp³-hybridized carbons (Fsp3) is 0.394. The SMILES string of the molecule is CC[C@H](C)NC(=O)[C@@H](Cc1ccccc1)N(Cc1cccc(Cl)c1)C(=O)CCc1ccc(C(C)(C)C)cc1. The van der Waals surface area contributed by atoms with Crippen LogP contribution < -0.4 is 5.32 Å². The summed E-state index contributed by atoms with van der Waals surface area (Å²) in [6, 6.07) is 25.3. The van der Waals surface area contributed by atoms with Crippen molar-refractivity contribution in [2.45, 2.75) is 84.3 Å². The second kappa shape index (κ2) is 13.6. The van der Waals surface area contributed by atoms with Crippen LogP contribution in [0.5, 0.6) is 0 Å². The molecule has 5 heteroatoms. The summed E-state index contributed by atoms with van der Waals surface area (Å²) in [5.41, 5.74) is 4.36. The van der Waals surface area contributed by atoms with Gasteiger partial charge in [-0.15, -0.1) is 0 Å². The second-order valence-electron chi connectivity index (χ2n) is 11.1. The molecule has 0 saturated carbocycles. The highest BCUT2D eigenvalue weighted by Crippen LogP contribution is 2.23. The first-order chi connectivity index (χ1) is 18.1. The van der Waals surface area contributed by atoms with Crippen LogP contribution in [0.25, 0.3) is 0 Å². The molecule has 0 aliphatic rings. The predicted molar refractivity (Wildman–Crippen MR) is 157 cm³/mol. The number of carbonyl (C=O) groups is 2. The Morgan fingerprint density at radius 2 is 1.55 bits per heavy atom. The third-order valence-electron chi connectivity index (χ3n) is 6.96. The van der Waals surface area contributed by atoms with Gasteiger partial charge in [0.1, 0.15) is 6.04 Å². The van der Waals surface area contributed by atoms with Gasteiger partial charge in [-0.05, 0) is 59.6 Å². The number of nitrogens with zero attached hydrogens (tertiary/aromatic N) is 1. The first-order valence-electron chi connectivity index (χ1n) is 13.5. The Kier molecular flexibility index (Phi) is 10.6. The Hall–Kier alpha value is -3.11. The first kappa shape index (κ1) is 29.4. The van der Waals surface area contributed by atoms with E-state index in [4.69, 9.17) is 11.6 Å². The van der Waals surface area contributed by atoms with Crippen LogP contribution in [0.1, 0.15) is 69.7 Å². The highest BCUT2D eigenvalue weighted by molar-refractivity contribution is 6.30. The van der Waals surface area contributed by atoms with Gasteiger partial charge in [0.2, 0.25) is 11.8 Å². The van der Waals surface area contributed by atoms with Crippen molar-refractivity contribution in [2.24, 2.45) is 0 Å². The van der Waals surface area contributed by atoms with E-state index >= 15 is 0 Å². The maximum absolute atomic E-state index is 13.8. The van der Waals surface area contributed by atoms with E-state index < -0.39 is 6.04 Å². The van der Waals surface area contributed by atoms with Crippen LogP contribution in [0.15, 0.2) is 78.9 Å². The molecule has 0 aliphatic carbocycles. The Morgan fingerprint density at radius 1 is 0.895 bits per heavy atom. The molecule has 3 aromatic carbocycles. The minimum absolute atomic E-state index is 0.0187. The molecule has 202 valence electrons. The summed E-state index contributed by atoms with van der Waals surface area (Å²) < 4.78 is 0. The lowest BCUT2D eigenvalue weighted by atomic mass is 9.86. The summed E-state index contributed by atoms with van der Waals surface area (Å²) in [6.45, 7) is 10.9. The number of rotatable bonds is 11. The van der Waals surface area contributed by atoms with Crippen molar-refractivity contribution in [3.63, 3.8) is 0 Å². The molecule has 0 unspecified atom stereocenters. The molecule has 0 saturated heterocycles. The Balaban J connectivity index is 1.89. The number of benzene rings is 3. The van der Waals surface area contributed by atoms with Crippen molar-refractivity contribution in [3.05, 3.63) is 106 Å². The van der Waals surface area contributed by atoms with Crippen LogP contribution in [0.4, 0.5) is 0 Å². The third-order valence-corrected chi connectivity index (χ3v) is 7.20. The molecule has 3 aromatic rings. The molecule has 3 rings (SSSR count). The molecule has 0 heterocycles. The van der Waals surface area contributed by atoms with E-state index in [1.807, 2.05) is 68.4 Å². The maximum atomic E-state index is 13.8. The lowest BCUT2D eigenvalue weighted by molar-refractivity contribution is -0.141. The number of hydrogen-bond acceptors (Lipinski definition) is 2. The number of hydrogen-bond donors (Lipinski definition) is 1. The fourth-order valence-electron chi connectivity index (χ4n) is 4.39. The molecule has 0 radical (unpaired) electrons. The van der Waals surface area contributed by atoms with Crippen molar-refractivity contribution in [1.82, 2.24) is 10.2 Å². The number of carbonyl (C=O) groups excluding carboxylic acids is 2. The van der Waals surface area contributed by atoms with Gasteiger partial charge in [0.05, 0.1) is 0 Å². The van der Waals surface area contributed by atoms with Crippen molar-refractivity contribution < 1.29 is 9.59 Å². The van der Waals surface area contributed by atoms with E-state index in [9.17, 15) is 9.59 Å². The number of aryl methyl sites for hydroxylation is 1. The van der Waals surface area contributed by atoms with Crippen LogP contribution in [-0.2, 0) is 34.4 Å². The zero-order valence-corrected chi connectivity index (χ0v) is 24.1. The molecule has 2 amide bonds. The minimum atomic E-state index is -0.638. The largest absolute Gasteiger partial charge is 0.352 e. The standard InChI is InChI=1S/C33H41ClN2O2/c1-6-24(2)35-32(38)30(22-26-11-8-7-9-12-26)36(23-27-13-10-14-29(34)21-27)31(37)20-17-25-15-18-28(19-16-25)33(3,4)5/h7-16,18-19,21,24,30H,6,17,20,22-23H2,1-5H3,(H,35,38)/t24-,30+/m0/s1. The summed E-state index contributed by atoms with van der Waals surface area (Å²) in [7, 11) is 0. The van der Waals surface area contributed by atoms with E-state index in [2.05, 4.69) is 50.4 Å². The molecule has 1 N–H and O–H groups in total. The van der Waals surface area contributed by atoms with Crippen LogP contribution in [-0.4, -0.2) is 28.8 Å². The van der Waals surface area contributed by atoms with Gasteiger partial charge in [0.15, 0.2) is 0 Å². The second-order valence-corrected chi connectivity index (χ2v) is 11.6. The fourth-order valence-corrected chi connectivity index (χ4v) is 4.61. The molecular weight excluding hydrogens is 492 g/mol. The Bertz CT molecular complexity index is 1190. The van der Waals surface area contributed by atoms with E-state index in [1.165, 1.54) is 5.56 Å². The zero-order chi connectivity index (χ0) is 27.7. The predicted octanol–water partition coefficient (Wildman–Crippen LogP) is 7.12. The summed E-state index contributed by atoms with van der Waals surface area (Å²) in [5.74, 6) is -0.182. The maximum Gasteiger partial charge on any atom is 0.243 e. The molecule has 0 aliphatic heterocycles. The lowest BCUT2D eigenvalue weighted by Gasteiger charge is -2.32. The lowest BCUT2D eigenvalue weighted by Crippen LogP contribution is -2.52. The normalized spacial score (nSPS) is 13.0. The summed E-state index contributed by atoms with van der Waals surface area (Å²) >= 11 is 6.27. The van der Waals surface area contributed by atoms with Gasteiger partial charge in [0, 0.05) is 30.5 Å². The van der Waals surface area contributed by atoms with E-state index in [0.29, 0.717) is 30.8 Å². The van der Waals surface area contributed by atoms with Crippen molar-refractivity contribution in [1.29, 1.82) is 0 Å².